The first-order valence-corrected chi connectivity index (χ1v) is 5.65. The van der Waals surface area contributed by atoms with Gasteiger partial charge in [-0.2, -0.15) is 13.2 Å². The number of benzene rings is 1. The third-order valence-electron chi connectivity index (χ3n) is 2.47. The van der Waals surface area contributed by atoms with Gasteiger partial charge in [-0.3, -0.25) is 4.79 Å². The van der Waals surface area contributed by atoms with Gasteiger partial charge >= 0.3 is 6.18 Å². The topological polar surface area (TPSA) is 55.1 Å². The van der Waals surface area contributed by atoms with Crippen molar-refractivity contribution in [3.05, 3.63) is 35.1 Å². The van der Waals surface area contributed by atoms with Crippen LogP contribution in [-0.4, -0.2) is 12.5 Å². The average molecular weight is 278 g/mol. The van der Waals surface area contributed by atoms with Gasteiger partial charge in [-0.15, -0.1) is 0 Å². The molecule has 0 fully saturated rings. The molecule has 0 unspecified atom stereocenters. The molecular formula is C12H14F4N2O. The second-order valence-corrected chi connectivity index (χ2v) is 4.05. The van der Waals surface area contributed by atoms with Crippen LogP contribution >= 0.6 is 0 Å². The van der Waals surface area contributed by atoms with Crippen LogP contribution in [0.3, 0.4) is 0 Å². The van der Waals surface area contributed by atoms with Crippen molar-refractivity contribution in [3.8, 4) is 0 Å². The molecule has 0 bridgehead atoms. The van der Waals surface area contributed by atoms with Crippen molar-refractivity contribution in [2.45, 2.75) is 25.6 Å². The van der Waals surface area contributed by atoms with E-state index in [0.29, 0.717) is 19.0 Å². The number of carbonyl (C=O) groups excluding carboxylic acids is 1. The Kier molecular flexibility index (Phi) is 5.29. The Morgan fingerprint density at radius 3 is 2.58 bits per heavy atom. The first kappa shape index (κ1) is 15.4. The van der Waals surface area contributed by atoms with Gasteiger partial charge in [0.15, 0.2) is 0 Å². The fraction of sp³-hybridized carbons (Fsp3) is 0.417. The van der Waals surface area contributed by atoms with Gasteiger partial charge in [0.1, 0.15) is 5.82 Å². The molecule has 0 spiro atoms. The number of hydrogen-bond donors (Lipinski definition) is 2. The Hall–Kier alpha value is -1.63. The maximum Gasteiger partial charge on any atom is 0.416 e. The second-order valence-electron chi connectivity index (χ2n) is 4.05. The van der Waals surface area contributed by atoms with E-state index in [4.69, 9.17) is 5.73 Å². The highest BCUT2D eigenvalue weighted by atomic mass is 19.4. The third kappa shape index (κ3) is 5.25. The van der Waals surface area contributed by atoms with Crippen LogP contribution in [0.2, 0.25) is 0 Å². The monoisotopic (exact) mass is 278 g/mol. The quantitative estimate of drug-likeness (QED) is 0.619. The fourth-order valence-corrected chi connectivity index (χ4v) is 1.58. The fourth-order valence-electron chi connectivity index (χ4n) is 1.58. The van der Waals surface area contributed by atoms with E-state index in [-0.39, 0.29) is 18.5 Å². The number of rotatable bonds is 6. The van der Waals surface area contributed by atoms with Crippen LogP contribution in [0.5, 0.6) is 0 Å². The molecule has 1 aromatic rings. The van der Waals surface area contributed by atoms with Gasteiger partial charge in [-0.05, 0) is 30.7 Å². The Balaban J connectivity index is 2.61. The van der Waals surface area contributed by atoms with Crippen LogP contribution in [0, 0.1) is 5.82 Å². The predicted molar refractivity (Wildman–Crippen MR) is 61.5 cm³/mol. The van der Waals surface area contributed by atoms with Crippen LogP contribution in [0.1, 0.15) is 24.0 Å². The minimum Gasteiger partial charge on any atom is -0.370 e. The van der Waals surface area contributed by atoms with Crippen molar-refractivity contribution in [1.82, 2.24) is 5.32 Å². The summed E-state index contributed by atoms with van der Waals surface area (Å²) in [6.45, 7) is 0.311. The van der Waals surface area contributed by atoms with E-state index < -0.39 is 23.5 Å². The van der Waals surface area contributed by atoms with Gasteiger partial charge in [0.05, 0.1) is 5.56 Å². The molecule has 0 saturated heterocycles. The summed E-state index contributed by atoms with van der Waals surface area (Å²) in [6, 6.07) is 2.55. The highest BCUT2D eigenvalue weighted by Crippen LogP contribution is 2.32. The average Bonchev–Trinajstić information content (AvgIpc) is 2.28. The number of carbonyl (C=O) groups is 1. The molecule has 19 heavy (non-hydrogen) atoms. The van der Waals surface area contributed by atoms with E-state index >= 15 is 0 Å². The van der Waals surface area contributed by atoms with Crippen molar-refractivity contribution < 1.29 is 22.4 Å². The Bertz CT molecular complexity index is 446. The molecule has 0 aromatic heterocycles. The number of nitrogens with two attached hydrogens (primary N) is 1. The van der Waals surface area contributed by atoms with E-state index in [0.717, 1.165) is 12.1 Å². The molecule has 0 aliphatic rings. The highest BCUT2D eigenvalue weighted by molar-refractivity contribution is 5.73. The normalized spacial score (nSPS) is 11.6. The van der Waals surface area contributed by atoms with E-state index in [1.165, 1.54) is 0 Å². The first-order chi connectivity index (χ1) is 8.80. The van der Waals surface area contributed by atoms with E-state index in [1.54, 1.807) is 0 Å². The van der Waals surface area contributed by atoms with Crippen LogP contribution in [0.25, 0.3) is 0 Å². The van der Waals surface area contributed by atoms with Crippen molar-refractivity contribution in [2.24, 2.45) is 5.73 Å². The number of alkyl halides is 3. The minimum absolute atomic E-state index is 0.0343. The smallest absolute Gasteiger partial charge is 0.370 e. The van der Waals surface area contributed by atoms with Crippen molar-refractivity contribution >= 4 is 5.91 Å². The van der Waals surface area contributed by atoms with E-state index in [1.807, 2.05) is 0 Å². The summed E-state index contributed by atoms with van der Waals surface area (Å²) in [7, 11) is 0. The van der Waals surface area contributed by atoms with Crippen LogP contribution in [0.15, 0.2) is 18.2 Å². The molecule has 0 saturated carbocycles. The molecule has 7 heteroatoms. The molecule has 3 N–H and O–H groups in total. The van der Waals surface area contributed by atoms with Crippen molar-refractivity contribution in [1.29, 1.82) is 0 Å². The lowest BCUT2D eigenvalue weighted by atomic mass is 10.1. The summed E-state index contributed by atoms with van der Waals surface area (Å²) in [5.41, 5.74) is 3.90. The van der Waals surface area contributed by atoms with Gasteiger partial charge in [0.25, 0.3) is 0 Å². The maximum absolute atomic E-state index is 12.8. The number of hydrogen-bond acceptors (Lipinski definition) is 2. The zero-order chi connectivity index (χ0) is 14.5. The zero-order valence-electron chi connectivity index (χ0n) is 10.1. The zero-order valence-corrected chi connectivity index (χ0v) is 10.1. The summed E-state index contributed by atoms with van der Waals surface area (Å²) < 4.78 is 50.8. The highest BCUT2D eigenvalue weighted by Gasteiger charge is 2.33. The summed E-state index contributed by atoms with van der Waals surface area (Å²) in [6.07, 6.45) is -3.98. The number of amides is 1. The molecule has 1 amide bonds. The van der Waals surface area contributed by atoms with Crippen LogP contribution < -0.4 is 11.1 Å². The lowest BCUT2D eigenvalue weighted by Gasteiger charge is -2.13. The maximum atomic E-state index is 12.8. The van der Waals surface area contributed by atoms with Gasteiger partial charge in [0, 0.05) is 13.0 Å². The van der Waals surface area contributed by atoms with Crippen LogP contribution in [0.4, 0.5) is 17.6 Å². The molecule has 1 rings (SSSR count). The summed E-state index contributed by atoms with van der Waals surface area (Å²) in [5, 5.41) is 2.76. The first-order valence-electron chi connectivity index (χ1n) is 5.65. The summed E-state index contributed by atoms with van der Waals surface area (Å²) >= 11 is 0. The van der Waals surface area contributed by atoms with Gasteiger partial charge in [0.2, 0.25) is 5.91 Å². The predicted octanol–water partition coefficient (Wildman–Crippen LogP) is 2.20. The molecule has 0 aliphatic carbocycles. The molecular weight excluding hydrogens is 264 g/mol. The third-order valence-corrected chi connectivity index (χ3v) is 2.47. The van der Waals surface area contributed by atoms with Gasteiger partial charge in [-0.25, -0.2) is 4.39 Å². The largest absolute Gasteiger partial charge is 0.416 e. The summed E-state index contributed by atoms with van der Waals surface area (Å²) in [5.74, 6) is -1.38. The summed E-state index contributed by atoms with van der Waals surface area (Å²) in [4.78, 5) is 10.5. The molecule has 0 aliphatic heterocycles. The lowest BCUT2D eigenvalue weighted by molar-refractivity contribution is -0.138. The Morgan fingerprint density at radius 1 is 1.32 bits per heavy atom. The van der Waals surface area contributed by atoms with Crippen molar-refractivity contribution in [3.63, 3.8) is 0 Å². The minimum atomic E-state index is -4.59. The number of halogens is 4. The molecule has 0 heterocycles. The Morgan fingerprint density at radius 2 is 2.00 bits per heavy atom. The van der Waals surface area contributed by atoms with Gasteiger partial charge < -0.3 is 11.1 Å². The van der Waals surface area contributed by atoms with Gasteiger partial charge in [-0.1, -0.05) is 6.07 Å². The molecule has 1 aromatic carbocycles. The van der Waals surface area contributed by atoms with E-state index in [9.17, 15) is 22.4 Å². The second kappa shape index (κ2) is 6.51. The molecule has 0 atom stereocenters. The standard InChI is InChI=1S/C12H14F4N2O/c13-9-4-3-8(10(6-9)12(14,15)16)7-18-5-1-2-11(17)19/h3-4,6,18H,1-2,5,7H2,(H2,17,19). The molecule has 106 valence electrons. The SMILES string of the molecule is NC(=O)CCCNCc1ccc(F)cc1C(F)(F)F. The lowest BCUT2D eigenvalue weighted by Crippen LogP contribution is -2.20. The number of primary amides is 1. The number of nitrogens with one attached hydrogen (secondary N) is 1. The molecule has 3 nitrogen and oxygen atoms in total. The molecule has 0 radical (unpaired) electrons. The Labute approximate surface area is 107 Å². The van der Waals surface area contributed by atoms with Crippen LogP contribution in [-0.2, 0) is 17.5 Å². The van der Waals surface area contributed by atoms with E-state index in [2.05, 4.69) is 5.32 Å². The van der Waals surface area contributed by atoms with Crippen molar-refractivity contribution in [2.75, 3.05) is 6.54 Å².